The van der Waals surface area contributed by atoms with Crippen molar-refractivity contribution >= 4 is 34.9 Å². The molecule has 4 nitrogen and oxygen atoms in total. The monoisotopic (exact) mass is 486 g/mol. The molecule has 0 aromatic rings. The average Bonchev–Trinajstić information content (AvgIpc) is 2.80. The fourth-order valence-corrected chi connectivity index (χ4v) is 5.27. The van der Waals surface area contributed by atoms with Gasteiger partial charge < -0.3 is 9.47 Å². The van der Waals surface area contributed by atoms with Gasteiger partial charge >= 0.3 is 0 Å². The molecule has 1 aliphatic rings. The minimum atomic E-state index is -0.486. The van der Waals surface area contributed by atoms with Crippen LogP contribution in [-0.2, 0) is 19.1 Å². The first-order chi connectivity index (χ1) is 15.6. The van der Waals surface area contributed by atoms with Gasteiger partial charge in [0.2, 0.25) is 23.1 Å². The van der Waals surface area contributed by atoms with Crippen LogP contribution in [0.3, 0.4) is 0 Å². The number of hydrogen-bond donors (Lipinski definition) is 0. The summed E-state index contributed by atoms with van der Waals surface area (Å²) in [7, 11) is 2.69. The van der Waals surface area contributed by atoms with Crippen molar-refractivity contribution in [2.75, 3.05) is 20.0 Å². The Balaban J connectivity index is 2.02. The molecule has 0 aliphatic heterocycles. The minimum absolute atomic E-state index is 0.0589. The zero-order chi connectivity index (χ0) is 23.6. The molecule has 0 saturated heterocycles. The fourth-order valence-electron chi connectivity index (χ4n) is 3.94. The molecular formula is C26H43ClO4S. The lowest BCUT2D eigenvalue weighted by molar-refractivity contribution is -0.120. The molecule has 0 fully saturated rings. The molecule has 1 aliphatic carbocycles. The van der Waals surface area contributed by atoms with Gasteiger partial charge in [0.1, 0.15) is 5.03 Å². The van der Waals surface area contributed by atoms with Crippen LogP contribution in [0.2, 0.25) is 0 Å². The summed E-state index contributed by atoms with van der Waals surface area (Å²) < 4.78 is 10.1. The standard InChI is InChI=1S/C26H43ClO4S/c1-4-5-6-7-8-9-10-11-12-13-14-15-16-17-18-19-20-32-26-21(27)22(28)24(30-2)25(31-3)23(26)29/h4-20H2,1-3H3. The normalized spacial score (nSPS) is 14.5. The van der Waals surface area contributed by atoms with Crippen molar-refractivity contribution in [2.45, 2.75) is 110 Å². The Morgan fingerprint density at radius 2 is 1.00 bits per heavy atom. The maximum atomic E-state index is 12.5. The molecule has 0 aromatic carbocycles. The molecular weight excluding hydrogens is 444 g/mol. The van der Waals surface area contributed by atoms with Gasteiger partial charge in [-0.05, 0) is 12.2 Å². The second-order valence-electron chi connectivity index (χ2n) is 8.52. The van der Waals surface area contributed by atoms with Crippen molar-refractivity contribution in [3.8, 4) is 0 Å². The van der Waals surface area contributed by atoms with Crippen LogP contribution < -0.4 is 0 Å². The summed E-state index contributed by atoms with van der Waals surface area (Å²) in [6.45, 7) is 2.27. The highest BCUT2D eigenvalue weighted by atomic mass is 35.5. The molecule has 0 atom stereocenters. The van der Waals surface area contributed by atoms with E-state index in [-0.39, 0.29) is 27.2 Å². The van der Waals surface area contributed by atoms with Gasteiger partial charge in [0.25, 0.3) is 0 Å². The number of rotatable bonds is 20. The number of thioether (sulfide) groups is 1. The van der Waals surface area contributed by atoms with Crippen molar-refractivity contribution in [1.29, 1.82) is 0 Å². The Morgan fingerprint density at radius 3 is 1.41 bits per heavy atom. The number of ether oxygens (including phenoxy) is 2. The van der Waals surface area contributed by atoms with Crippen molar-refractivity contribution < 1.29 is 19.1 Å². The molecule has 0 amide bonds. The van der Waals surface area contributed by atoms with Gasteiger partial charge in [-0.2, -0.15) is 0 Å². The predicted octanol–water partition coefficient (Wildman–Crippen LogP) is 8.09. The largest absolute Gasteiger partial charge is 0.489 e. The molecule has 0 saturated carbocycles. The first-order valence-corrected chi connectivity index (χ1v) is 13.9. The molecule has 0 heterocycles. The molecule has 0 unspecified atom stereocenters. The molecule has 0 radical (unpaired) electrons. The van der Waals surface area contributed by atoms with Crippen LogP contribution in [0.4, 0.5) is 0 Å². The van der Waals surface area contributed by atoms with Crippen molar-refractivity contribution in [3.05, 3.63) is 21.5 Å². The van der Waals surface area contributed by atoms with Crippen molar-refractivity contribution in [2.24, 2.45) is 0 Å². The van der Waals surface area contributed by atoms with E-state index in [9.17, 15) is 9.59 Å². The summed E-state index contributed by atoms with van der Waals surface area (Å²) in [6.07, 6.45) is 21.3. The number of ketones is 2. The van der Waals surface area contributed by atoms with E-state index in [1.165, 1.54) is 116 Å². The highest BCUT2D eigenvalue weighted by molar-refractivity contribution is 8.04. The maximum absolute atomic E-state index is 12.5. The predicted molar refractivity (Wildman–Crippen MR) is 136 cm³/mol. The third-order valence-corrected chi connectivity index (χ3v) is 7.52. The number of Topliss-reactive ketones (excluding diaryl/α,β-unsaturated/α-hetero) is 2. The number of carbonyl (C=O) groups excluding carboxylic acids is 2. The van der Waals surface area contributed by atoms with Crippen molar-refractivity contribution in [3.63, 3.8) is 0 Å². The summed E-state index contributed by atoms with van der Waals surface area (Å²) in [5.41, 5.74) is 0. The maximum Gasteiger partial charge on any atom is 0.244 e. The lowest BCUT2D eigenvalue weighted by Gasteiger charge is -2.18. The van der Waals surface area contributed by atoms with E-state index in [1.807, 2.05) is 0 Å². The SMILES string of the molecule is CCCCCCCCCCCCCCCCCCSC1=C(Cl)C(=O)C(OC)=C(OC)C1=O. The van der Waals surface area contributed by atoms with E-state index in [4.69, 9.17) is 21.1 Å². The Hall–Kier alpha value is -0.940. The van der Waals surface area contributed by atoms with Gasteiger partial charge in [-0.25, -0.2) is 0 Å². The zero-order valence-electron chi connectivity index (χ0n) is 20.4. The summed E-state index contributed by atoms with van der Waals surface area (Å²) in [4.78, 5) is 25.0. The quantitative estimate of drug-likeness (QED) is 0.128. The number of halogens is 1. The minimum Gasteiger partial charge on any atom is -0.489 e. The Morgan fingerprint density at radius 1 is 0.625 bits per heavy atom. The molecule has 1 rings (SSSR count). The topological polar surface area (TPSA) is 52.6 Å². The van der Waals surface area contributed by atoms with E-state index in [0.29, 0.717) is 0 Å². The molecule has 0 spiro atoms. The van der Waals surface area contributed by atoms with E-state index < -0.39 is 5.78 Å². The highest BCUT2D eigenvalue weighted by Gasteiger charge is 2.36. The summed E-state index contributed by atoms with van der Waals surface area (Å²) in [5, 5.41) is -0.0610. The molecule has 0 aromatic heterocycles. The molecule has 32 heavy (non-hydrogen) atoms. The van der Waals surface area contributed by atoms with Crippen LogP contribution in [0, 0.1) is 0 Å². The number of unbranched alkanes of at least 4 members (excludes halogenated alkanes) is 15. The van der Waals surface area contributed by atoms with E-state index >= 15 is 0 Å². The van der Waals surface area contributed by atoms with Crippen LogP contribution in [0.15, 0.2) is 21.5 Å². The molecule has 184 valence electrons. The average molecular weight is 487 g/mol. The number of methoxy groups -OCH3 is 2. The van der Waals surface area contributed by atoms with Crippen molar-refractivity contribution in [1.82, 2.24) is 0 Å². The van der Waals surface area contributed by atoms with Gasteiger partial charge in [-0.3, -0.25) is 9.59 Å². The molecule has 6 heteroatoms. The smallest absolute Gasteiger partial charge is 0.244 e. The number of carbonyl (C=O) groups is 2. The summed E-state index contributed by atoms with van der Waals surface area (Å²) >= 11 is 7.46. The Bertz CT molecular complexity index is 627. The van der Waals surface area contributed by atoms with Crippen LogP contribution in [0.1, 0.15) is 110 Å². The van der Waals surface area contributed by atoms with Gasteiger partial charge in [0, 0.05) is 0 Å². The van der Waals surface area contributed by atoms with Gasteiger partial charge in [0.15, 0.2) is 0 Å². The van der Waals surface area contributed by atoms with Gasteiger partial charge in [0.05, 0.1) is 19.1 Å². The van der Waals surface area contributed by atoms with E-state index in [0.717, 1.165) is 18.6 Å². The third kappa shape index (κ3) is 10.8. The lowest BCUT2D eigenvalue weighted by atomic mass is 10.0. The van der Waals surface area contributed by atoms with Gasteiger partial charge in [-0.15, -0.1) is 11.8 Å². The molecule has 0 N–H and O–H groups in total. The second-order valence-corrected chi connectivity index (χ2v) is 10.0. The second kappa shape index (κ2) is 18.5. The fraction of sp³-hybridized carbons (Fsp3) is 0.769. The first kappa shape index (κ1) is 29.1. The third-order valence-electron chi connectivity index (χ3n) is 5.88. The van der Waals surface area contributed by atoms with Crippen LogP contribution >= 0.6 is 23.4 Å². The zero-order valence-corrected chi connectivity index (χ0v) is 22.0. The van der Waals surface area contributed by atoms with Gasteiger partial charge in [-0.1, -0.05) is 115 Å². The number of allylic oxidation sites excluding steroid dienone is 2. The Kier molecular flexibility index (Phi) is 16.8. The van der Waals surface area contributed by atoms with E-state index in [2.05, 4.69) is 6.92 Å². The lowest BCUT2D eigenvalue weighted by Crippen LogP contribution is -2.23. The van der Waals surface area contributed by atoms with E-state index in [1.54, 1.807) is 0 Å². The molecule has 0 bridgehead atoms. The Labute approximate surface area is 204 Å². The van der Waals surface area contributed by atoms with Crippen LogP contribution in [0.5, 0.6) is 0 Å². The van der Waals surface area contributed by atoms with Crippen LogP contribution in [-0.4, -0.2) is 31.5 Å². The first-order valence-electron chi connectivity index (χ1n) is 12.5. The highest BCUT2D eigenvalue weighted by Crippen LogP contribution is 2.34. The summed E-state index contributed by atoms with van der Waals surface area (Å²) in [6, 6.07) is 0. The number of hydrogen-bond acceptors (Lipinski definition) is 5. The van der Waals surface area contributed by atoms with Crippen LogP contribution in [0.25, 0.3) is 0 Å². The summed E-state index contributed by atoms with van der Waals surface area (Å²) in [5.74, 6) is -0.261.